The minimum atomic E-state index is -0.421. The lowest BCUT2D eigenvalue weighted by atomic mass is 9.88. The Kier molecular flexibility index (Phi) is 4.32. The van der Waals surface area contributed by atoms with Crippen molar-refractivity contribution in [3.8, 4) is 28.4 Å². The Balaban J connectivity index is 1.94. The molecule has 0 atom stereocenters. The van der Waals surface area contributed by atoms with E-state index in [9.17, 15) is 4.79 Å². The van der Waals surface area contributed by atoms with Crippen molar-refractivity contribution in [2.45, 2.75) is 12.8 Å². The number of hydrogen-bond donors (Lipinski definition) is 0. The molecule has 27 heavy (non-hydrogen) atoms. The van der Waals surface area contributed by atoms with Crippen LogP contribution in [0.15, 0.2) is 42.5 Å². The van der Waals surface area contributed by atoms with Crippen LogP contribution in [-0.2, 0) is 17.6 Å². The molecule has 1 heterocycles. The van der Waals surface area contributed by atoms with Crippen LogP contribution in [0.3, 0.4) is 0 Å². The van der Waals surface area contributed by atoms with E-state index in [0.717, 1.165) is 46.8 Å². The average molecular weight is 364 g/mol. The highest BCUT2D eigenvalue weighted by atomic mass is 16.5. The standard InChI is InChI=1S/C21H20N2O4/c1-25-15-7-5-14(6-8-15)23-20-17-11-9-16(26-2)12-13(17)4-10-18(20)19(22-23)21(24)27-3/h5-9,11-12H,4,10H2,1-3H3. The van der Waals surface area contributed by atoms with Crippen molar-refractivity contribution in [1.82, 2.24) is 9.78 Å². The summed E-state index contributed by atoms with van der Waals surface area (Å²) >= 11 is 0. The van der Waals surface area contributed by atoms with Gasteiger partial charge in [0.05, 0.1) is 32.7 Å². The molecule has 0 saturated carbocycles. The van der Waals surface area contributed by atoms with Crippen molar-refractivity contribution in [1.29, 1.82) is 0 Å². The zero-order valence-corrected chi connectivity index (χ0v) is 15.5. The predicted molar refractivity (Wildman–Crippen MR) is 101 cm³/mol. The molecule has 6 nitrogen and oxygen atoms in total. The Bertz CT molecular complexity index is 1010. The van der Waals surface area contributed by atoms with Gasteiger partial charge >= 0.3 is 5.97 Å². The number of aromatic nitrogens is 2. The molecule has 6 heteroatoms. The minimum absolute atomic E-state index is 0.366. The molecule has 1 aliphatic rings. The quantitative estimate of drug-likeness (QED) is 0.664. The predicted octanol–water partition coefficient (Wildman–Crippen LogP) is 3.44. The summed E-state index contributed by atoms with van der Waals surface area (Å²) in [6.07, 6.45) is 1.54. The topological polar surface area (TPSA) is 62.6 Å². The van der Waals surface area contributed by atoms with Gasteiger partial charge in [0.1, 0.15) is 11.5 Å². The van der Waals surface area contributed by atoms with Crippen LogP contribution in [0.25, 0.3) is 16.9 Å². The molecule has 138 valence electrons. The second kappa shape index (κ2) is 6.79. The SMILES string of the molecule is COC(=O)c1nn(-c2ccc(OC)cc2)c2c1CCc1cc(OC)ccc1-2. The molecular formula is C21H20N2O4. The number of rotatable bonds is 4. The lowest BCUT2D eigenvalue weighted by Crippen LogP contribution is -2.09. The van der Waals surface area contributed by atoms with Crippen LogP contribution in [0, 0.1) is 0 Å². The van der Waals surface area contributed by atoms with E-state index >= 15 is 0 Å². The van der Waals surface area contributed by atoms with Gasteiger partial charge in [0.15, 0.2) is 5.69 Å². The first kappa shape index (κ1) is 17.1. The zero-order valence-electron chi connectivity index (χ0n) is 15.5. The van der Waals surface area contributed by atoms with Crippen LogP contribution in [-0.4, -0.2) is 37.1 Å². The van der Waals surface area contributed by atoms with Gasteiger partial charge in [-0.25, -0.2) is 9.48 Å². The van der Waals surface area contributed by atoms with E-state index in [1.807, 2.05) is 47.1 Å². The second-order valence-electron chi connectivity index (χ2n) is 6.30. The maximum atomic E-state index is 12.3. The molecule has 0 saturated heterocycles. The summed E-state index contributed by atoms with van der Waals surface area (Å²) in [5, 5.41) is 4.60. The van der Waals surface area contributed by atoms with E-state index in [2.05, 4.69) is 5.10 Å². The lowest BCUT2D eigenvalue weighted by Gasteiger charge is -2.19. The fraction of sp³-hybridized carbons (Fsp3) is 0.238. The molecule has 0 aliphatic heterocycles. The van der Waals surface area contributed by atoms with Crippen molar-refractivity contribution in [2.24, 2.45) is 0 Å². The van der Waals surface area contributed by atoms with E-state index < -0.39 is 5.97 Å². The molecule has 0 spiro atoms. The van der Waals surface area contributed by atoms with E-state index in [1.165, 1.54) is 12.7 Å². The van der Waals surface area contributed by atoms with Gasteiger partial charge in [0.2, 0.25) is 0 Å². The number of esters is 1. The molecule has 0 amide bonds. The van der Waals surface area contributed by atoms with Gasteiger partial charge in [-0.1, -0.05) is 0 Å². The number of carbonyl (C=O) groups is 1. The highest BCUT2D eigenvalue weighted by Gasteiger charge is 2.29. The van der Waals surface area contributed by atoms with Crippen LogP contribution in [0.2, 0.25) is 0 Å². The Labute approximate surface area is 157 Å². The Morgan fingerprint density at radius 2 is 1.67 bits per heavy atom. The lowest BCUT2D eigenvalue weighted by molar-refractivity contribution is 0.0592. The summed E-state index contributed by atoms with van der Waals surface area (Å²) in [6, 6.07) is 13.6. The summed E-state index contributed by atoms with van der Waals surface area (Å²) in [6.45, 7) is 0. The zero-order chi connectivity index (χ0) is 19.0. The van der Waals surface area contributed by atoms with E-state index in [0.29, 0.717) is 5.69 Å². The first-order valence-corrected chi connectivity index (χ1v) is 8.68. The number of ether oxygens (including phenoxy) is 3. The molecule has 3 aromatic rings. The molecule has 0 unspecified atom stereocenters. The van der Waals surface area contributed by atoms with Gasteiger partial charge in [0.25, 0.3) is 0 Å². The van der Waals surface area contributed by atoms with Crippen LogP contribution in [0.1, 0.15) is 21.6 Å². The third kappa shape index (κ3) is 2.83. The third-order valence-corrected chi connectivity index (χ3v) is 4.89. The molecule has 0 bridgehead atoms. The second-order valence-corrected chi connectivity index (χ2v) is 6.30. The molecule has 4 rings (SSSR count). The molecular weight excluding hydrogens is 344 g/mol. The number of nitrogens with zero attached hydrogens (tertiary/aromatic N) is 2. The first-order chi connectivity index (χ1) is 13.2. The Hall–Kier alpha value is -3.28. The van der Waals surface area contributed by atoms with Gasteiger partial charge in [-0.05, 0) is 60.9 Å². The van der Waals surface area contributed by atoms with Gasteiger partial charge in [-0.3, -0.25) is 0 Å². The first-order valence-electron chi connectivity index (χ1n) is 8.68. The molecule has 2 aromatic carbocycles. The smallest absolute Gasteiger partial charge is 0.358 e. The maximum Gasteiger partial charge on any atom is 0.358 e. The maximum absolute atomic E-state index is 12.3. The number of methoxy groups -OCH3 is 3. The van der Waals surface area contributed by atoms with Gasteiger partial charge < -0.3 is 14.2 Å². The number of hydrogen-bond acceptors (Lipinski definition) is 5. The van der Waals surface area contributed by atoms with Gasteiger partial charge in [-0.2, -0.15) is 5.10 Å². The number of fused-ring (bicyclic) bond motifs is 3. The van der Waals surface area contributed by atoms with Crippen molar-refractivity contribution >= 4 is 5.97 Å². The number of carbonyl (C=O) groups excluding carboxylic acids is 1. The highest BCUT2D eigenvalue weighted by Crippen LogP contribution is 2.38. The molecule has 0 fully saturated rings. The molecule has 1 aliphatic carbocycles. The van der Waals surface area contributed by atoms with E-state index in [-0.39, 0.29) is 0 Å². The third-order valence-electron chi connectivity index (χ3n) is 4.89. The number of benzene rings is 2. The fourth-order valence-corrected chi connectivity index (χ4v) is 3.53. The summed E-state index contributed by atoms with van der Waals surface area (Å²) in [5.41, 5.74) is 5.28. The Morgan fingerprint density at radius 3 is 2.33 bits per heavy atom. The fourth-order valence-electron chi connectivity index (χ4n) is 3.53. The Morgan fingerprint density at radius 1 is 0.963 bits per heavy atom. The van der Waals surface area contributed by atoms with Crippen LogP contribution in [0.5, 0.6) is 11.5 Å². The van der Waals surface area contributed by atoms with Crippen molar-refractivity contribution in [3.05, 3.63) is 59.3 Å². The van der Waals surface area contributed by atoms with Gasteiger partial charge in [-0.15, -0.1) is 0 Å². The van der Waals surface area contributed by atoms with E-state index in [1.54, 1.807) is 14.2 Å². The number of aryl methyl sites for hydroxylation is 1. The summed E-state index contributed by atoms with van der Waals surface area (Å²) < 4.78 is 17.4. The molecule has 1 aromatic heterocycles. The normalized spacial score (nSPS) is 12.1. The summed E-state index contributed by atoms with van der Waals surface area (Å²) in [7, 11) is 4.67. The van der Waals surface area contributed by atoms with Crippen LogP contribution in [0.4, 0.5) is 0 Å². The summed E-state index contributed by atoms with van der Waals surface area (Å²) in [5.74, 6) is 1.16. The molecule has 0 radical (unpaired) electrons. The summed E-state index contributed by atoms with van der Waals surface area (Å²) in [4.78, 5) is 12.3. The van der Waals surface area contributed by atoms with Crippen molar-refractivity contribution in [2.75, 3.05) is 21.3 Å². The van der Waals surface area contributed by atoms with Crippen molar-refractivity contribution < 1.29 is 19.0 Å². The minimum Gasteiger partial charge on any atom is -0.497 e. The highest BCUT2D eigenvalue weighted by molar-refractivity contribution is 5.92. The van der Waals surface area contributed by atoms with Crippen molar-refractivity contribution in [3.63, 3.8) is 0 Å². The van der Waals surface area contributed by atoms with Crippen LogP contribution >= 0.6 is 0 Å². The molecule has 0 N–H and O–H groups in total. The van der Waals surface area contributed by atoms with Crippen LogP contribution < -0.4 is 9.47 Å². The largest absolute Gasteiger partial charge is 0.497 e. The monoisotopic (exact) mass is 364 g/mol. The van der Waals surface area contributed by atoms with Gasteiger partial charge in [0, 0.05) is 11.1 Å². The van der Waals surface area contributed by atoms with E-state index in [4.69, 9.17) is 14.2 Å². The average Bonchev–Trinajstić information content (AvgIpc) is 3.12.